The Morgan fingerprint density at radius 2 is 1.86 bits per heavy atom. The summed E-state index contributed by atoms with van der Waals surface area (Å²) in [6.07, 6.45) is 0. The van der Waals surface area contributed by atoms with E-state index < -0.39 is 22.3 Å². The lowest BCUT2D eigenvalue weighted by Gasteiger charge is -2.10. The topological polar surface area (TPSA) is 75.4 Å². The van der Waals surface area contributed by atoms with Gasteiger partial charge in [-0.25, -0.2) is 8.78 Å². The van der Waals surface area contributed by atoms with Crippen molar-refractivity contribution in [1.29, 1.82) is 0 Å². The molecule has 21 heavy (non-hydrogen) atoms. The van der Waals surface area contributed by atoms with Crippen molar-refractivity contribution < 1.29 is 18.8 Å². The van der Waals surface area contributed by atoms with Crippen LogP contribution in [0.1, 0.15) is 11.1 Å². The number of benzene rings is 2. The van der Waals surface area contributed by atoms with E-state index in [1.807, 2.05) is 0 Å². The molecular weight excluding hydrogens is 282 g/mol. The first kappa shape index (κ1) is 14.7. The Bertz CT molecular complexity index is 682. The van der Waals surface area contributed by atoms with Crippen LogP contribution in [0.15, 0.2) is 30.3 Å². The second kappa shape index (κ2) is 5.74. The lowest BCUT2D eigenvalue weighted by atomic mass is 10.1. The van der Waals surface area contributed by atoms with E-state index in [4.69, 9.17) is 5.11 Å². The van der Waals surface area contributed by atoms with Crippen LogP contribution in [-0.2, 0) is 6.54 Å². The number of nitrogens with one attached hydrogen (secondary N) is 1. The molecule has 0 aliphatic heterocycles. The van der Waals surface area contributed by atoms with Crippen molar-refractivity contribution in [2.45, 2.75) is 13.5 Å². The van der Waals surface area contributed by atoms with Crippen LogP contribution in [0.5, 0.6) is 5.75 Å². The van der Waals surface area contributed by atoms with Gasteiger partial charge in [-0.15, -0.1) is 0 Å². The maximum absolute atomic E-state index is 13.2. The van der Waals surface area contributed by atoms with E-state index in [-0.39, 0.29) is 12.2 Å². The molecule has 2 rings (SSSR count). The molecule has 0 saturated carbocycles. The summed E-state index contributed by atoms with van der Waals surface area (Å²) >= 11 is 0. The Balaban J connectivity index is 2.15. The van der Waals surface area contributed by atoms with Gasteiger partial charge in [0.2, 0.25) is 0 Å². The van der Waals surface area contributed by atoms with Crippen LogP contribution in [0.2, 0.25) is 0 Å². The highest BCUT2D eigenvalue weighted by molar-refractivity contribution is 5.55. The maximum Gasteiger partial charge on any atom is 0.269 e. The standard InChI is InChI=1S/C14H12F2N2O3/c1-8-4-10(18(20)21)2-3-13(8)17-7-9-5-11(15)14(19)12(16)6-9/h2-6,17,19H,7H2,1H3. The fourth-order valence-corrected chi connectivity index (χ4v) is 1.88. The van der Waals surface area contributed by atoms with Crippen molar-refractivity contribution in [1.82, 2.24) is 0 Å². The summed E-state index contributed by atoms with van der Waals surface area (Å²) in [5, 5.41) is 22.6. The first-order valence-corrected chi connectivity index (χ1v) is 6.04. The summed E-state index contributed by atoms with van der Waals surface area (Å²) in [4.78, 5) is 10.1. The molecule has 7 heteroatoms. The van der Waals surface area contributed by atoms with Gasteiger partial charge in [0.05, 0.1) is 4.92 Å². The zero-order valence-electron chi connectivity index (χ0n) is 11.1. The molecule has 2 aromatic carbocycles. The number of phenols is 1. The van der Waals surface area contributed by atoms with Crippen LogP contribution in [0, 0.1) is 28.7 Å². The van der Waals surface area contributed by atoms with Gasteiger partial charge in [-0.1, -0.05) is 0 Å². The minimum Gasteiger partial charge on any atom is -0.503 e. The summed E-state index contributed by atoms with van der Waals surface area (Å²) in [5.41, 5.74) is 1.54. The minimum atomic E-state index is -1.03. The van der Waals surface area contributed by atoms with Crippen LogP contribution in [-0.4, -0.2) is 10.0 Å². The Hall–Kier alpha value is -2.70. The van der Waals surface area contributed by atoms with E-state index in [0.717, 1.165) is 12.1 Å². The third-order valence-corrected chi connectivity index (χ3v) is 2.98. The van der Waals surface area contributed by atoms with Crippen LogP contribution in [0.3, 0.4) is 0 Å². The highest BCUT2D eigenvalue weighted by atomic mass is 19.1. The van der Waals surface area contributed by atoms with E-state index in [1.165, 1.54) is 18.2 Å². The second-order valence-corrected chi connectivity index (χ2v) is 4.52. The third kappa shape index (κ3) is 3.25. The maximum atomic E-state index is 13.2. The molecule has 110 valence electrons. The molecule has 2 aromatic rings. The molecule has 0 heterocycles. The number of anilines is 1. The van der Waals surface area contributed by atoms with Gasteiger partial charge >= 0.3 is 0 Å². The number of aromatic hydroxyl groups is 1. The second-order valence-electron chi connectivity index (χ2n) is 4.52. The molecule has 0 aliphatic carbocycles. The Morgan fingerprint density at radius 1 is 1.24 bits per heavy atom. The highest BCUT2D eigenvalue weighted by Crippen LogP contribution is 2.24. The molecule has 0 saturated heterocycles. The summed E-state index contributed by atoms with van der Waals surface area (Å²) in [6.45, 7) is 1.81. The monoisotopic (exact) mass is 294 g/mol. The number of aryl methyl sites for hydroxylation is 1. The Labute approximate surface area is 119 Å². The molecule has 0 bridgehead atoms. The Morgan fingerprint density at radius 3 is 2.38 bits per heavy atom. The molecule has 0 fully saturated rings. The van der Waals surface area contributed by atoms with Crippen molar-refractivity contribution >= 4 is 11.4 Å². The van der Waals surface area contributed by atoms with Gasteiger partial charge in [-0.3, -0.25) is 10.1 Å². The number of halogens is 2. The van der Waals surface area contributed by atoms with Crippen molar-refractivity contribution in [3.8, 4) is 5.75 Å². The van der Waals surface area contributed by atoms with Gasteiger partial charge in [0.25, 0.3) is 5.69 Å². The minimum absolute atomic E-state index is 0.0280. The lowest BCUT2D eigenvalue weighted by molar-refractivity contribution is -0.384. The number of rotatable bonds is 4. The molecule has 5 nitrogen and oxygen atoms in total. The number of nitro benzene ring substituents is 1. The average Bonchev–Trinajstić information content (AvgIpc) is 2.43. The summed E-state index contributed by atoms with van der Waals surface area (Å²) in [7, 11) is 0. The van der Waals surface area contributed by atoms with Crippen molar-refractivity contribution in [2.24, 2.45) is 0 Å². The predicted octanol–water partition coefficient (Wildman–Crippen LogP) is 3.50. The summed E-state index contributed by atoms with van der Waals surface area (Å²) < 4.78 is 26.4. The van der Waals surface area contributed by atoms with E-state index >= 15 is 0 Å². The van der Waals surface area contributed by atoms with E-state index in [1.54, 1.807) is 6.92 Å². The first-order chi connectivity index (χ1) is 9.88. The van der Waals surface area contributed by atoms with Crippen LogP contribution in [0.4, 0.5) is 20.2 Å². The first-order valence-electron chi connectivity index (χ1n) is 6.04. The SMILES string of the molecule is Cc1cc([N+](=O)[O-])ccc1NCc1cc(F)c(O)c(F)c1. The molecule has 0 aliphatic rings. The lowest BCUT2D eigenvalue weighted by Crippen LogP contribution is -2.02. The molecule has 0 aromatic heterocycles. The molecule has 0 atom stereocenters. The number of nitro groups is 1. The van der Waals surface area contributed by atoms with Gasteiger partial charge in [0, 0.05) is 24.4 Å². The molecule has 0 radical (unpaired) electrons. The molecule has 0 amide bonds. The normalized spacial score (nSPS) is 10.4. The summed E-state index contributed by atoms with van der Waals surface area (Å²) in [5.74, 6) is -3.08. The van der Waals surface area contributed by atoms with Crippen molar-refractivity contribution in [3.05, 3.63) is 63.2 Å². The smallest absolute Gasteiger partial charge is 0.269 e. The fraction of sp³-hybridized carbons (Fsp3) is 0.143. The molecule has 0 unspecified atom stereocenters. The molecule has 2 N–H and O–H groups in total. The quantitative estimate of drug-likeness (QED) is 0.668. The van der Waals surface area contributed by atoms with E-state index in [9.17, 15) is 18.9 Å². The van der Waals surface area contributed by atoms with Gasteiger partial charge < -0.3 is 10.4 Å². The number of phenolic OH excluding ortho intramolecular Hbond substituents is 1. The van der Waals surface area contributed by atoms with E-state index in [0.29, 0.717) is 16.8 Å². The predicted molar refractivity (Wildman–Crippen MR) is 73.2 cm³/mol. The van der Waals surface area contributed by atoms with E-state index in [2.05, 4.69) is 5.32 Å². The number of hydrogen-bond donors (Lipinski definition) is 2. The highest BCUT2D eigenvalue weighted by Gasteiger charge is 2.11. The average molecular weight is 294 g/mol. The fourth-order valence-electron chi connectivity index (χ4n) is 1.88. The zero-order chi connectivity index (χ0) is 15.6. The van der Waals surface area contributed by atoms with Gasteiger partial charge in [-0.05, 0) is 36.2 Å². The number of hydrogen-bond acceptors (Lipinski definition) is 4. The van der Waals surface area contributed by atoms with Crippen molar-refractivity contribution in [3.63, 3.8) is 0 Å². The largest absolute Gasteiger partial charge is 0.503 e. The number of nitrogens with zero attached hydrogens (tertiary/aromatic N) is 1. The van der Waals surface area contributed by atoms with Gasteiger partial charge in [-0.2, -0.15) is 0 Å². The summed E-state index contributed by atoms with van der Waals surface area (Å²) in [6, 6.07) is 6.31. The van der Waals surface area contributed by atoms with Crippen LogP contribution < -0.4 is 5.32 Å². The zero-order valence-corrected chi connectivity index (χ0v) is 11.1. The van der Waals surface area contributed by atoms with Crippen molar-refractivity contribution in [2.75, 3.05) is 5.32 Å². The third-order valence-electron chi connectivity index (χ3n) is 2.98. The van der Waals surface area contributed by atoms with Crippen LogP contribution in [0.25, 0.3) is 0 Å². The van der Waals surface area contributed by atoms with Gasteiger partial charge in [0.1, 0.15) is 0 Å². The number of non-ortho nitro benzene ring substituents is 1. The molecule has 0 spiro atoms. The van der Waals surface area contributed by atoms with Gasteiger partial charge in [0.15, 0.2) is 17.4 Å². The Kier molecular flexibility index (Phi) is 4.02. The molecular formula is C14H12F2N2O3. The van der Waals surface area contributed by atoms with Crippen LogP contribution >= 0.6 is 0 Å².